The highest BCUT2D eigenvalue weighted by atomic mass is 32.2. The lowest BCUT2D eigenvalue weighted by atomic mass is 10.1. The molecule has 26 heavy (non-hydrogen) atoms. The van der Waals surface area contributed by atoms with Gasteiger partial charge in [-0.25, -0.2) is 0 Å². The SMILES string of the molecule is S=c1[nH]nc([C@@H](Sc2ccccc2)c2ccccc2)n1C[C@@H]1CCCO1. The predicted octanol–water partition coefficient (Wildman–Crippen LogP) is 5.00. The molecule has 2 heterocycles. The molecule has 0 saturated carbocycles. The lowest BCUT2D eigenvalue weighted by Crippen LogP contribution is -2.18. The number of aromatic amines is 1. The Morgan fingerprint density at radius 2 is 1.88 bits per heavy atom. The second-order valence-electron chi connectivity index (χ2n) is 6.35. The molecule has 0 spiro atoms. The normalized spacial score (nSPS) is 18.1. The van der Waals surface area contributed by atoms with Gasteiger partial charge >= 0.3 is 0 Å². The van der Waals surface area contributed by atoms with Crippen molar-refractivity contribution in [2.45, 2.75) is 35.6 Å². The van der Waals surface area contributed by atoms with Gasteiger partial charge in [0.25, 0.3) is 0 Å². The maximum Gasteiger partial charge on any atom is 0.195 e. The van der Waals surface area contributed by atoms with Crippen molar-refractivity contribution in [1.29, 1.82) is 0 Å². The van der Waals surface area contributed by atoms with Crippen LogP contribution >= 0.6 is 24.0 Å². The van der Waals surface area contributed by atoms with Gasteiger partial charge in [0.05, 0.1) is 17.9 Å². The zero-order chi connectivity index (χ0) is 17.8. The van der Waals surface area contributed by atoms with Crippen LogP contribution < -0.4 is 0 Å². The van der Waals surface area contributed by atoms with Crippen LogP contribution in [0.3, 0.4) is 0 Å². The molecule has 1 saturated heterocycles. The van der Waals surface area contributed by atoms with Gasteiger partial charge in [-0.15, -0.1) is 11.8 Å². The molecule has 134 valence electrons. The van der Waals surface area contributed by atoms with Crippen molar-refractivity contribution in [2.24, 2.45) is 0 Å². The van der Waals surface area contributed by atoms with E-state index >= 15 is 0 Å². The molecule has 1 aliphatic heterocycles. The number of nitrogens with zero attached hydrogens (tertiary/aromatic N) is 2. The van der Waals surface area contributed by atoms with Crippen molar-refractivity contribution in [1.82, 2.24) is 14.8 Å². The maximum absolute atomic E-state index is 5.82. The average molecular weight is 384 g/mol. The molecule has 1 N–H and O–H groups in total. The van der Waals surface area contributed by atoms with E-state index in [4.69, 9.17) is 17.0 Å². The average Bonchev–Trinajstić information content (AvgIpc) is 3.33. The van der Waals surface area contributed by atoms with Crippen LogP contribution in [-0.2, 0) is 11.3 Å². The van der Waals surface area contributed by atoms with E-state index in [-0.39, 0.29) is 11.4 Å². The summed E-state index contributed by atoms with van der Waals surface area (Å²) in [6, 6.07) is 20.9. The van der Waals surface area contributed by atoms with Crippen LogP contribution in [0, 0.1) is 4.77 Å². The minimum atomic E-state index is 0.0629. The Balaban J connectivity index is 1.71. The first-order valence-corrected chi connectivity index (χ1v) is 10.1. The number of benzene rings is 2. The molecule has 0 amide bonds. The van der Waals surface area contributed by atoms with Gasteiger partial charge in [-0.05, 0) is 42.8 Å². The van der Waals surface area contributed by atoms with E-state index in [9.17, 15) is 0 Å². The summed E-state index contributed by atoms with van der Waals surface area (Å²) >= 11 is 7.31. The summed E-state index contributed by atoms with van der Waals surface area (Å²) in [7, 11) is 0. The van der Waals surface area contributed by atoms with Gasteiger partial charge in [-0.1, -0.05) is 48.5 Å². The zero-order valence-corrected chi connectivity index (χ0v) is 16.0. The lowest BCUT2D eigenvalue weighted by molar-refractivity contribution is 0.0959. The highest BCUT2D eigenvalue weighted by Crippen LogP contribution is 2.39. The van der Waals surface area contributed by atoms with Crippen molar-refractivity contribution in [2.75, 3.05) is 6.61 Å². The predicted molar refractivity (Wildman–Crippen MR) is 107 cm³/mol. The quantitative estimate of drug-likeness (QED) is 0.480. The fraction of sp³-hybridized carbons (Fsp3) is 0.300. The third-order valence-corrected chi connectivity index (χ3v) is 6.11. The highest BCUT2D eigenvalue weighted by Gasteiger charge is 2.25. The first-order chi connectivity index (χ1) is 12.8. The minimum absolute atomic E-state index is 0.0629. The second kappa shape index (κ2) is 8.20. The van der Waals surface area contributed by atoms with E-state index in [1.165, 1.54) is 10.5 Å². The molecule has 1 fully saturated rings. The lowest BCUT2D eigenvalue weighted by Gasteiger charge is -2.19. The molecule has 6 heteroatoms. The summed E-state index contributed by atoms with van der Waals surface area (Å²) in [4.78, 5) is 1.21. The van der Waals surface area contributed by atoms with Crippen LogP contribution in [0.4, 0.5) is 0 Å². The third kappa shape index (κ3) is 3.92. The zero-order valence-electron chi connectivity index (χ0n) is 14.4. The van der Waals surface area contributed by atoms with Gasteiger partial charge in [-0.3, -0.25) is 5.10 Å². The second-order valence-corrected chi connectivity index (χ2v) is 7.92. The summed E-state index contributed by atoms with van der Waals surface area (Å²) in [6.07, 6.45) is 2.41. The molecular formula is C20H21N3OS2. The van der Waals surface area contributed by atoms with Crippen LogP contribution in [-0.4, -0.2) is 27.5 Å². The first-order valence-electron chi connectivity index (χ1n) is 8.84. The standard InChI is InChI=1S/C20H21N3OS2/c25-20-22-21-19(23(20)14-16-10-7-13-24-16)18(15-8-3-1-4-9-15)26-17-11-5-2-6-12-17/h1-6,8-9,11-12,16,18H,7,10,13-14H2,(H,22,25)/t16-,18-/m0/s1. The fourth-order valence-corrected chi connectivity index (χ4v) is 4.61. The summed E-state index contributed by atoms with van der Waals surface area (Å²) in [6.45, 7) is 1.59. The van der Waals surface area contributed by atoms with Crippen LogP contribution in [0.25, 0.3) is 0 Å². The van der Waals surface area contributed by atoms with E-state index in [0.29, 0.717) is 4.77 Å². The van der Waals surface area contributed by atoms with Crippen LogP contribution in [0.15, 0.2) is 65.6 Å². The molecule has 0 bridgehead atoms. The van der Waals surface area contributed by atoms with Gasteiger partial charge in [0, 0.05) is 11.5 Å². The Labute approximate surface area is 162 Å². The molecule has 4 rings (SSSR count). The first kappa shape index (κ1) is 17.5. The van der Waals surface area contributed by atoms with Crippen molar-refractivity contribution in [3.63, 3.8) is 0 Å². The maximum atomic E-state index is 5.82. The minimum Gasteiger partial charge on any atom is -0.376 e. The number of aromatic nitrogens is 3. The van der Waals surface area contributed by atoms with Gasteiger partial charge in [0.2, 0.25) is 0 Å². The fourth-order valence-electron chi connectivity index (χ4n) is 3.23. The number of hydrogen-bond donors (Lipinski definition) is 1. The molecule has 0 unspecified atom stereocenters. The van der Waals surface area contributed by atoms with Gasteiger partial charge < -0.3 is 9.30 Å². The summed E-state index contributed by atoms with van der Waals surface area (Å²) in [5.74, 6) is 0.950. The van der Waals surface area contributed by atoms with Crippen LogP contribution in [0.2, 0.25) is 0 Å². The van der Waals surface area contributed by atoms with Crippen molar-refractivity contribution in [3.05, 3.63) is 76.8 Å². The van der Waals surface area contributed by atoms with E-state index in [1.54, 1.807) is 11.8 Å². The Morgan fingerprint density at radius 3 is 2.58 bits per heavy atom. The molecule has 1 aromatic heterocycles. The summed E-state index contributed by atoms with van der Waals surface area (Å²) in [5.41, 5.74) is 1.21. The summed E-state index contributed by atoms with van der Waals surface area (Å²) < 4.78 is 8.59. The van der Waals surface area contributed by atoms with E-state index in [1.807, 2.05) is 12.1 Å². The Morgan fingerprint density at radius 1 is 1.15 bits per heavy atom. The number of rotatable bonds is 6. The molecule has 2 atom stereocenters. The Bertz CT molecular complexity index is 886. The summed E-state index contributed by atoms with van der Waals surface area (Å²) in [5, 5.41) is 7.66. The number of thioether (sulfide) groups is 1. The van der Waals surface area contributed by atoms with Gasteiger partial charge in [0.1, 0.15) is 5.82 Å². The number of H-pyrrole nitrogens is 1. The van der Waals surface area contributed by atoms with Crippen molar-refractivity contribution in [3.8, 4) is 0 Å². The van der Waals surface area contributed by atoms with Crippen LogP contribution in [0.5, 0.6) is 0 Å². The molecule has 2 aromatic carbocycles. The third-order valence-electron chi connectivity index (χ3n) is 4.53. The number of ether oxygens (including phenoxy) is 1. The monoisotopic (exact) mass is 383 g/mol. The molecule has 0 radical (unpaired) electrons. The molecular weight excluding hydrogens is 362 g/mol. The van der Waals surface area contributed by atoms with E-state index in [0.717, 1.165) is 31.8 Å². The topological polar surface area (TPSA) is 42.8 Å². The van der Waals surface area contributed by atoms with E-state index in [2.05, 4.69) is 63.3 Å². The largest absolute Gasteiger partial charge is 0.376 e. The Kier molecular flexibility index (Phi) is 5.53. The number of hydrogen-bond acceptors (Lipinski definition) is 4. The van der Waals surface area contributed by atoms with Crippen LogP contribution in [0.1, 0.15) is 29.5 Å². The molecule has 4 nitrogen and oxygen atoms in total. The highest BCUT2D eigenvalue weighted by molar-refractivity contribution is 7.99. The number of nitrogens with one attached hydrogen (secondary N) is 1. The Hall–Kier alpha value is -1.89. The molecule has 0 aliphatic carbocycles. The van der Waals surface area contributed by atoms with E-state index < -0.39 is 0 Å². The molecule has 3 aromatic rings. The van der Waals surface area contributed by atoms with Crippen molar-refractivity contribution < 1.29 is 4.74 Å². The van der Waals surface area contributed by atoms with Crippen molar-refractivity contribution >= 4 is 24.0 Å². The van der Waals surface area contributed by atoms with Gasteiger partial charge in [-0.2, -0.15) is 5.10 Å². The van der Waals surface area contributed by atoms with Gasteiger partial charge in [0.15, 0.2) is 4.77 Å². The smallest absolute Gasteiger partial charge is 0.195 e. The molecule has 1 aliphatic rings.